The van der Waals surface area contributed by atoms with Crippen LogP contribution in [0.4, 0.5) is 0 Å². The Morgan fingerprint density at radius 1 is 1.25 bits per heavy atom. The van der Waals surface area contributed by atoms with Crippen LogP contribution in [0.15, 0.2) is 27.4 Å². The van der Waals surface area contributed by atoms with E-state index in [9.17, 15) is 9.90 Å². The molecule has 1 aromatic heterocycles. The number of aryl methyl sites for hydroxylation is 1. The fraction of sp³-hybridized carbons (Fsp3) is 0.526. The van der Waals surface area contributed by atoms with Gasteiger partial charge in [-0.1, -0.05) is 6.07 Å². The van der Waals surface area contributed by atoms with Crippen molar-refractivity contribution in [2.24, 2.45) is 0 Å². The molecule has 0 saturated heterocycles. The van der Waals surface area contributed by atoms with Gasteiger partial charge in [0.1, 0.15) is 24.0 Å². The average molecular weight is 329 g/mol. The molecule has 1 unspecified atom stereocenters. The molecule has 0 aliphatic heterocycles. The fourth-order valence-electron chi connectivity index (χ4n) is 3.42. The van der Waals surface area contributed by atoms with Crippen LogP contribution in [0, 0.1) is 0 Å². The van der Waals surface area contributed by atoms with Crippen molar-refractivity contribution in [1.29, 1.82) is 0 Å². The van der Waals surface area contributed by atoms with Gasteiger partial charge in [-0.25, -0.2) is 4.79 Å². The van der Waals surface area contributed by atoms with E-state index in [1.807, 2.05) is 18.2 Å². The number of aliphatic hydroxyl groups is 1. The van der Waals surface area contributed by atoms with E-state index in [-0.39, 0.29) is 12.2 Å². The molecule has 0 radical (unpaired) electrons. The first-order valence-corrected chi connectivity index (χ1v) is 8.84. The molecule has 2 N–H and O–H groups in total. The zero-order chi connectivity index (χ0) is 16.5. The van der Waals surface area contributed by atoms with E-state index in [0.717, 1.165) is 42.2 Å². The molecule has 1 aromatic carbocycles. The normalized spacial score (nSPS) is 18.4. The van der Waals surface area contributed by atoms with Crippen LogP contribution in [-0.4, -0.2) is 30.4 Å². The molecule has 1 fully saturated rings. The van der Waals surface area contributed by atoms with E-state index in [2.05, 4.69) is 5.32 Å². The van der Waals surface area contributed by atoms with Crippen molar-refractivity contribution in [3.63, 3.8) is 0 Å². The molecule has 1 heterocycles. The van der Waals surface area contributed by atoms with Gasteiger partial charge in [0.2, 0.25) is 0 Å². The van der Waals surface area contributed by atoms with Gasteiger partial charge < -0.3 is 19.6 Å². The molecule has 0 spiro atoms. The number of ether oxygens (including phenoxy) is 1. The number of rotatable bonds is 6. The monoisotopic (exact) mass is 329 g/mol. The van der Waals surface area contributed by atoms with Crippen molar-refractivity contribution in [3.05, 3.63) is 39.7 Å². The largest absolute Gasteiger partial charge is 0.490 e. The van der Waals surface area contributed by atoms with Crippen molar-refractivity contribution in [1.82, 2.24) is 5.32 Å². The summed E-state index contributed by atoms with van der Waals surface area (Å²) in [5.41, 5.74) is 2.21. The van der Waals surface area contributed by atoms with Crippen LogP contribution in [0.25, 0.3) is 11.0 Å². The Bertz CT molecular complexity index is 794. The lowest BCUT2D eigenvalue weighted by Crippen LogP contribution is -2.32. The highest BCUT2D eigenvalue weighted by Gasteiger charge is 2.22. The summed E-state index contributed by atoms with van der Waals surface area (Å²) in [6.45, 7) is 0.773. The van der Waals surface area contributed by atoms with Gasteiger partial charge in [0.05, 0.1) is 5.39 Å². The first kappa shape index (κ1) is 15.7. The third kappa shape index (κ3) is 3.19. The second-order valence-corrected chi connectivity index (χ2v) is 6.83. The van der Waals surface area contributed by atoms with Gasteiger partial charge in [-0.3, -0.25) is 0 Å². The molecule has 2 aliphatic rings. The zero-order valence-corrected chi connectivity index (χ0v) is 13.7. The summed E-state index contributed by atoms with van der Waals surface area (Å²) < 4.78 is 11.4. The minimum absolute atomic E-state index is 0.219. The lowest BCUT2D eigenvalue weighted by molar-refractivity contribution is 0.107. The van der Waals surface area contributed by atoms with Gasteiger partial charge in [0.15, 0.2) is 0 Å². The van der Waals surface area contributed by atoms with Crippen LogP contribution in [0.1, 0.15) is 36.8 Å². The van der Waals surface area contributed by atoms with Gasteiger partial charge in [0.25, 0.3) is 0 Å². The summed E-state index contributed by atoms with van der Waals surface area (Å²) in [6.07, 6.45) is 5.60. The number of fused-ring (bicyclic) bond motifs is 3. The maximum Gasteiger partial charge on any atom is 0.339 e. The lowest BCUT2D eigenvalue weighted by Gasteiger charge is -2.19. The van der Waals surface area contributed by atoms with Crippen LogP contribution in [0.3, 0.4) is 0 Å². The third-order valence-corrected chi connectivity index (χ3v) is 4.86. The van der Waals surface area contributed by atoms with Crippen LogP contribution in [-0.2, 0) is 12.8 Å². The third-order valence-electron chi connectivity index (χ3n) is 4.86. The molecule has 24 heavy (non-hydrogen) atoms. The predicted octanol–water partition coefficient (Wildman–Crippen LogP) is 2.16. The van der Waals surface area contributed by atoms with Crippen molar-refractivity contribution in [2.75, 3.05) is 13.2 Å². The van der Waals surface area contributed by atoms with Gasteiger partial charge in [-0.15, -0.1) is 0 Å². The Balaban J connectivity index is 1.59. The van der Waals surface area contributed by atoms with Crippen molar-refractivity contribution in [2.45, 2.75) is 50.7 Å². The van der Waals surface area contributed by atoms with Crippen molar-refractivity contribution >= 4 is 11.0 Å². The number of benzene rings is 1. The quantitative estimate of drug-likeness (QED) is 0.795. The average Bonchev–Trinajstić information content (AvgIpc) is 3.42. The molecular weight excluding hydrogens is 306 g/mol. The SMILES string of the molecule is O=c1oc2cccc(OCC(O)CNC3CC3)c2c2c1CCCC2. The maximum absolute atomic E-state index is 12.2. The number of aliphatic hydroxyl groups excluding tert-OH is 1. The first-order chi connectivity index (χ1) is 11.7. The molecular formula is C19H23NO4. The molecule has 128 valence electrons. The van der Waals surface area contributed by atoms with Crippen LogP contribution < -0.4 is 15.7 Å². The fourth-order valence-corrected chi connectivity index (χ4v) is 3.42. The van der Waals surface area contributed by atoms with Gasteiger partial charge in [-0.2, -0.15) is 0 Å². The van der Waals surface area contributed by atoms with E-state index in [1.54, 1.807) is 0 Å². The highest BCUT2D eigenvalue weighted by Crippen LogP contribution is 2.33. The molecule has 5 nitrogen and oxygen atoms in total. The highest BCUT2D eigenvalue weighted by molar-refractivity contribution is 5.87. The number of hydrogen-bond acceptors (Lipinski definition) is 5. The van der Waals surface area contributed by atoms with Crippen LogP contribution in [0.2, 0.25) is 0 Å². The van der Waals surface area contributed by atoms with E-state index >= 15 is 0 Å². The summed E-state index contributed by atoms with van der Waals surface area (Å²) in [7, 11) is 0. The van der Waals surface area contributed by atoms with E-state index in [1.165, 1.54) is 12.8 Å². The number of hydrogen-bond donors (Lipinski definition) is 2. The van der Waals surface area contributed by atoms with Crippen LogP contribution >= 0.6 is 0 Å². The summed E-state index contributed by atoms with van der Waals surface area (Å²) in [5, 5.41) is 14.3. The molecule has 5 heteroatoms. The first-order valence-electron chi connectivity index (χ1n) is 8.84. The molecule has 0 amide bonds. The summed E-state index contributed by atoms with van der Waals surface area (Å²) in [4.78, 5) is 12.2. The predicted molar refractivity (Wildman–Crippen MR) is 91.7 cm³/mol. The van der Waals surface area contributed by atoms with E-state index < -0.39 is 6.10 Å². The molecule has 1 atom stereocenters. The molecule has 0 bridgehead atoms. The summed E-state index contributed by atoms with van der Waals surface area (Å²) in [5.74, 6) is 0.694. The Labute approximate surface area is 140 Å². The lowest BCUT2D eigenvalue weighted by atomic mass is 9.90. The molecule has 2 aromatic rings. The zero-order valence-electron chi connectivity index (χ0n) is 13.7. The van der Waals surface area contributed by atoms with Gasteiger partial charge in [-0.05, 0) is 56.2 Å². The summed E-state index contributed by atoms with van der Waals surface area (Å²) in [6, 6.07) is 6.09. The smallest absolute Gasteiger partial charge is 0.339 e. The standard InChI is InChI=1S/C19H23NO4/c21-13(10-20-12-8-9-12)11-23-16-6-3-7-17-18(16)14-4-1-2-5-15(14)19(22)24-17/h3,6-7,12-13,20-21H,1-2,4-5,8-11H2. The highest BCUT2D eigenvalue weighted by atomic mass is 16.5. The minimum Gasteiger partial charge on any atom is -0.490 e. The molecule has 2 aliphatic carbocycles. The second-order valence-electron chi connectivity index (χ2n) is 6.83. The Kier molecular flexibility index (Phi) is 4.29. The van der Waals surface area contributed by atoms with E-state index in [0.29, 0.717) is 23.9 Å². The van der Waals surface area contributed by atoms with Crippen molar-refractivity contribution in [3.8, 4) is 5.75 Å². The molecule has 1 saturated carbocycles. The summed E-state index contributed by atoms with van der Waals surface area (Å²) >= 11 is 0. The Hall–Kier alpha value is -1.85. The van der Waals surface area contributed by atoms with Gasteiger partial charge >= 0.3 is 5.63 Å². The Morgan fingerprint density at radius 2 is 2.04 bits per heavy atom. The maximum atomic E-state index is 12.2. The van der Waals surface area contributed by atoms with Crippen molar-refractivity contribution < 1.29 is 14.3 Å². The minimum atomic E-state index is -0.549. The van der Waals surface area contributed by atoms with E-state index in [4.69, 9.17) is 9.15 Å². The van der Waals surface area contributed by atoms with Crippen LogP contribution in [0.5, 0.6) is 5.75 Å². The van der Waals surface area contributed by atoms with Gasteiger partial charge in [0, 0.05) is 18.2 Å². The number of nitrogens with one attached hydrogen (secondary N) is 1. The second kappa shape index (κ2) is 6.57. The topological polar surface area (TPSA) is 71.7 Å². The molecule has 4 rings (SSSR count). The Morgan fingerprint density at radius 3 is 2.83 bits per heavy atom.